The van der Waals surface area contributed by atoms with E-state index in [9.17, 15) is 4.79 Å². The van der Waals surface area contributed by atoms with Gasteiger partial charge in [-0.15, -0.1) is 0 Å². The molecular formula is C11H12BrClO3. The molecule has 0 atom stereocenters. The molecule has 0 aliphatic rings. The van der Waals surface area contributed by atoms with E-state index in [1.807, 2.05) is 0 Å². The standard InChI is InChI=1S/C11H12BrClO3/c1-3-16-11(14)8-4-7(6-12)5-9(15-2)10(8)13/h4-5H,3,6H2,1-2H3. The molecule has 1 rings (SSSR count). The Morgan fingerprint density at radius 1 is 1.50 bits per heavy atom. The van der Waals surface area contributed by atoms with Crippen molar-refractivity contribution in [2.45, 2.75) is 12.3 Å². The number of rotatable bonds is 4. The highest BCUT2D eigenvalue weighted by molar-refractivity contribution is 9.08. The third-order valence-electron chi connectivity index (χ3n) is 1.97. The van der Waals surface area contributed by atoms with Gasteiger partial charge in [0.25, 0.3) is 0 Å². The third-order valence-corrected chi connectivity index (χ3v) is 3.01. The summed E-state index contributed by atoms with van der Waals surface area (Å²) in [5.41, 5.74) is 1.24. The zero-order chi connectivity index (χ0) is 12.1. The summed E-state index contributed by atoms with van der Waals surface area (Å²) >= 11 is 9.34. The smallest absolute Gasteiger partial charge is 0.339 e. The second kappa shape index (κ2) is 6.11. The maximum absolute atomic E-state index is 11.6. The number of alkyl halides is 1. The Kier molecular flexibility index (Phi) is 5.09. The molecule has 16 heavy (non-hydrogen) atoms. The number of esters is 1. The van der Waals surface area contributed by atoms with Gasteiger partial charge in [-0.05, 0) is 24.6 Å². The Hall–Kier alpha value is -0.740. The van der Waals surface area contributed by atoms with Crippen LogP contribution in [0.5, 0.6) is 5.75 Å². The highest BCUT2D eigenvalue weighted by atomic mass is 79.9. The van der Waals surface area contributed by atoms with Gasteiger partial charge in [0, 0.05) is 5.33 Å². The van der Waals surface area contributed by atoms with Gasteiger partial charge in [0.1, 0.15) is 5.75 Å². The molecule has 5 heteroatoms. The van der Waals surface area contributed by atoms with Crippen LogP contribution in [0.25, 0.3) is 0 Å². The molecule has 0 saturated heterocycles. The van der Waals surface area contributed by atoms with E-state index >= 15 is 0 Å². The van der Waals surface area contributed by atoms with Crippen LogP contribution in [0.4, 0.5) is 0 Å². The van der Waals surface area contributed by atoms with E-state index in [4.69, 9.17) is 21.1 Å². The fraction of sp³-hybridized carbons (Fsp3) is 0.364. The van der Waals surface area contributed by atoms with Crippen molar-refractivity contribution in [3.8, 4) is 5.75 Å². The van der Waals surface area contributed by atoms with Crippen molar-refractivity contribution >= 4 is 33.5 Å². The molecule has 1 aromatic carbocycles. The minimum absolute atomic E-state index is 0.283. The molecular weight excluding hydrogens is 295 g/mol. The van der Waals surface area contributed by atoms with E-state index in [-0.39, 0.29) is 5.02 Å². The Morgan fingerprint density at radius 2 is 2.19 bits per heavy atom. The van der Waals surface area contributed by atoms with Crippen molar-refractivity contribution in [1.82, 2.24) is 0 Å². The van der Waals surface area contributed by atoms with E-state index in [0.717, 1.165) is 5.56 Å². The van der Waals surface area contributed by atoms with Gasteiger partial charge in [0.05, 0.1) is 24.3 Å². The molecule has 0 heterocycles. The predicted molar refractivity (Wildman–Crippen MR) is 66.6 cm³/mol. The number of hydrogen-bond donors (Lipinski definition) is 0. The second-order valence-corrected chi connectivity index (χ2v) is 3.95. The lowest BCUT2D eigenvalue weighted by Gasteiger charge is -2.10. The number of methoxy groups -OCH3 is 1. The summed E-state index contributed by atoms with van der Waals surface area (Å²) in [6.07, 6.45) is 0. The van der Waals surface area contributed by atoms with Gasteiger partial charge in [-0.1, -0.05) is 27.5 Å². The SMILES string of the molecule is CCOC(=O)c1cc(CBr)cc(OC)c1Cl. The summed E-state index contributed by atoms with van der Waals surface area (Å²) in [5.74, 6) is 0.0373. The van der Waals surface area contributed by atoms with Crippen molar-refractivity contribution in [1.29, 1.82) is 0 Å². The van der Waals surface area contributed by atoms with Crippen LogP contribution in [0.3, 0.4) is 0 Å². The minimum atomic E-state index is -0.436. The van der Waals surface area contributed by atoms with Crippen molar-refractivity contribution in [3.63, 3.8) is 0 Å². The van der Waals surface area contributed by atoms with E-state index in [0.29, 0.717) is 23.2 Å². The average Bonchev–Trinajstić information content (AvgIpc) is 2.29. The van der Waals surface area contributed by atoms with Crippen LogP contribution in [-0.2, 0) is 10.1 Å². The number of halogens is 2. The molecule has 0 fully saturated rings. The van der Waals surface area contributed by atoms with Gasteiger partial charge < -0.3 is 9.47 Å². The molecule has 1 aromatic rings. The van der Waals surface area contributed by atoms with Gasteiger partial charge in [0.2, 0.25) is 0 Å². The zero-order valence-corrected chi connectivity index (χ0v) is 11.4. The monoisotopic (exact) mass is 306 g/mol. The molecule has 0 unspecified atom stereocenters. The van der Waals surface area contributed by atoms with Crippen LogP contribution in [0, 0.1) is 0 Å². The fourth-order valence-corrected chi connectivity index (χ4v) is 1.83. The number of hydrogen-bond acceptors (Lipinski definition) is 3. The molecule has 0 spiro atoms. The molecule has 0 aliphatic heterocycles. The quantitative estimate of drug-likeness (QED) is 0.631. The van der Waals surface area contributed by atoms with Gasteiger partial charge >= 0.3 is 5.97 Å². The highest BCUT2D eigenvalue weighted by Crippen LogP contribution is 2.31. The lowest BCUT2D eigenvalue weighted by atomic mass is 10.1. The molecule has 3 nitrogen and oxygen atoms in total. The summed E-state index contributed by atoms with van der Waals surface area (Å²) in [6, 6.07) is 3.47. The van der Waals surface area contributed by atoms with Crippen LogP contribution in [0.2, 0.25) is 5.02 Å². The Morgan fingerprint density at radius 3 is 2.69 bits per heavy atom. The van der Waals surface area contributed by atoms with Crippen LogP contribution in [0.1, 0.15) is 22.8 Å². The molecule has 0 bridgehead atoms. The normalized spacial score (nSPS) is 10.0. The minimum Gasteiger partial charge on any atom is -0.495 e. The van der Waals surface area contributed by atoms with Crippen molar-refractivity contribution < 1.29 is 14.3 Å². The number of carbonyl (C=O) groups excluding carboxylic acids is 1. The lowest BCUT2D eigenvalue weighted by Crippen LogP contribution is -2.06. The van der Waals surface area contributed by atoms with Gasteiger partial charge in [0.15, 0.2) is 0 Å². The van der Waals surface area contributed by atoms with Crippen LogP contribution < -0.4 is 4.74 Å². The van der Waals surface area contributed by atoms with Gasteiger partial charge in [-0.2, -0.15) is 0 Å². The molecule has 0 amide bonds. The molecule has 0 saturated carbocycles. The fourth-order valence-electron chi connectivity index (χ4n) is 1.24. The predicted octanol–water partition coefficient (Wildman–Crippen LogP) is 3.42. The highest BCUT2D eigenvalue weighted by Gasteiger charge is 2.16. The second-order valence-electron chi connectivity index (χ2n) is 3.01. The Balaban J connectivity index is 3.20. The molecule has 0 aliphatic carbocycles. The number of carbonyl (C=O) groups is 1. The number of benzene rings is 1. The maximum Gasteiger partial charge on any atom is 0.339 e. The Labute approximate surface area is 108 Å². The summed E-state index contributed by atoms with van der Waals surface area (Å²) in [7, 11) is 1.51. The van der Waals surface area contributed by atoms with Gasteiger partial charge in [-0.25, -0.2) is 4.79 Å². The largest absolute Gasteiger partial charge is 0.495 e. The average molecular weight is 308 g/mol. The molecule has 0 radical (unpaired) electrons. The van der Waals surface area contributed by atoms with Gasteiger partial charge in [-0.3, -0.25) is 0 Å². The first-order valence-electron chi connectivity index (χ1n) is 4.73. The van der Waals surface area contributed by atoms with E-state index < -0.39 is 5.97 Å². The zero-order valence-electron chi connectivity index (χ0n) is 9.05. The van der Waals surface area contributed by atoms with Crippen LogP contribution >= 0.6 is 27.5 Å². The van der Waals surface area contributed by atoms with E-state index in [2.05, 4.69) is 15.9 Å². The number of ether oxygens (including phenoxy) is 2. The van der Waals surface area contributed by atoms with Crippen molar-refractivity contribution in [2.24, 2.45) is 0 Å². The maximum atomic E-state index is 11.6. The Bertz CT molecular complexity index is 393. The first-order valence-corrected chi connectivity index (χ1v) is 6.23. The summed E-state index contributed by atoms with van der Waals surface area (Å²) < 4.78 is 10.0. The summed E-state index contributed by atoms with van der Waals surface area (Å²) in [5, 5.41) is 0.901. The summed E-state index contributed by atoms with van der Waals surface area (Å²) in [4.78, 5) is 11.6. The van der Waals surface area contributed by atoms with E-state index in [1.54, 1.807) is 19.1 Å². The van der Waals surface area contributed by atoms with Crippen molar-refractivity contribution in [2.75, 3.05) is 13.7 Å². The van der Waals surface area contributed by atoms with Crippen LogP contribution in [0.15, 0.2) is 12.1 Å². The molecule has 0 N–H and O–H groups in total. The first-order chi connectivity index (χ1) is 7.63. The molecule has 88 valence electrons. The van der Waals surface area contributed by atoms with Crippen molar-refractivity contribution in [3.05, 3.63) is 28.3 Å². The first kappa shape index (κ1) is 13.3. The third kappa shape index (κ3) is 2.89. The lowest BCUT2D eigenvalue weighted by molar-refractivity contribution is 0.0526. The van der Waals surface area contributed by atoms with E-state index in [1.165, 1.54) is 7.11 Å². The topological polar surface area (TPSA) is 35.5 Å². The molecule has 0 aromatic heterocycles. The summed E-state index contributed by atoms with van der Waals surface area (Å²) in [6.45, 7) is 2.06. The van der Waals surface area contributed by atoms with Crippen LogP contribution in [-0.4, -0.2) is 19.7 Å².